The van der Waals surface area contributed by atoms with Crippen molar-refractivity contribution in [2.24, 2.45) is 0 Å². The second kappa shape index (κ2) is 9.01. The molecule has 3 heterocycles. The number of hydrogen-bond donors (Lipinski definition) is 2. The molecule has 1 saturated carbocycles. The van der Waals surface area contributed by atoms with Crippen LogP contribution >= 0.6 is 0 Å². The highest BCUT2D eigenvalue weighted by atomic mass is 19.1. The first-order valence-corrected chi connectivity index (χ1v) is 11.3. The third kappa shape index (κ3) is 4.18. The third-order valence-corrected chi connectivity index (χ3v) is 6.02. The molecule has 1 aliphatic rings. The summed E-state index contributed by atoms with van der Waals surface area (Å²) in [6.07, 6.45) is 8.54. The minimum absolute atomic E-state index is 0.277. The zero-order valence-electron chi connectivity index (χ0n) is 18.3. The van der Waals surface area contributed by atoms with Gasteiger partial charge in [0.05, 0.1) is 29.6 Å². The average Bonchev–Trinajstić information content (AvgIpc) is 3.45. The van der Waals surface area contributed by atoms with Crippen LogP contribution in [0.3, 0.4) is 0 Å². The summed E-state index contributed by atoms with van der Waals surface area (Å²) >= 11 is 0. The van der Waals surface area contributed by atoms with E-state index in [0.29, 0.717) is 46.7 Å². The van der Waals surface area contributed by atoms with Gasteiger partial charge in [0.25, 0.3) is 5.56 Å². The first kappa shape index (κ1) is 21.1. The van der Waals surface area contributed by atoms with Crippen LogP contribution < -0.4 is 10.3 Å². The highest BCUT2D eigenvalue weighted by Crippen LogP contribution is 2.34. The van der Waals surface area contributed by atoms with Crippen molar-refractivity contribution in [3.63, 3.8) is 0 Å². The summed E-state index contributed by atoms with van der Waals surface area (Å²) in [6.45, 7) is 2.60. The summed E-state index contributed by atoms with van der Waals surface area (Å²) in [5, 5.41) is 11.3. The van der Waals surface area contributed by atoms with E-state index in [1.54, 1.807) is 18.2 Å². The van der Waals surface area contributed by atoms with Gasteiger partial charge in [0.15, 0.2) is 5.82 Å². The third-order valence-electron chi connectivity index (χ3n) is 6.02. The quantitative estimate of drug-likeness (QED) is 0.379. The van der Waals surface area contributed by atoms with Gasteiger partial charge in [0, 0.05) is 23.4 Å². The van der Waals surface area contributed by atoms with Gasteiger partial charge in [-0.3, -0.25) is 14.6 Å². The minimum atomic E-state index is -0.474. The molecule has 2 N–H and O–H groups in total. The number of aromatic amines is 2. The monoisotopic (exact) mass is 448 g/mol. The van der Waals surface area contributed by atoms with Crippen molar-refractivity contribution in [1.82, 2.24) is 29.9 Å². The first-order valence-electron chi connectivity index (χ1n) is 11.3. The van der Waals surface area contributed by atoms with E-state index in [-0.39, 0.29) is 5.56 Å². The molecular formula is C24H25FN6O2. The van der Waals surface area contributed by atoms with Crippen LogP contribution in [-0.2, 0) is 0 Å². The van der Waals surface area contributed by atoms with Crippen molar-refractivity contribution in [2.75, 3.05) is 6.61 Å². The number of nitrogens with one attached hydrogen (secondary N) is 2. The van der Waals surface area contributed by atoms with Crippen molar-refractivity contribution in [1.29, 1.82) is 0 Å². The van der Waals surface area contributed by atoms with E-state index >= 15 is 0 Å². The minimum Gasteiger partial charge on any atom is -0.493 e. The maximum Gasteiger partial charge on any atom is 0.260 e. The number of unbranched alkanes of at least 4 members (excludes halogenated alkanes) is 1. The molecule has 1 aliphatic carbocycles. The maximum absolute atomic E-state index is 15.0. The Morgan fingerprint density at radius 1 is 1.21 bits per heavy atom. The second-order valence-corrected chi connectivity index (χ2v) is 8.24. The fourth-order valence-electron chi connectivity index (χ4n) is 3.94. The van der Waals surface area contributed by atoms with Crippen molar-refractivity contribution in [3.05, 3.63) is 59.0 Å². The van der Waals surface area contributed by atoms with Crippen LogP contribution in [-0.4, -0.2) is 36.6 Å². The Bertz CT molecular complexity index is 1310. The lowest BCUT2D eigenvalue weighted by atomic mass is 9.93. The SMILES string of the molecule is CCCCOc1ccc(-c2cc(-c3ccn(C4CCC4)n3)c(-c3ncn[nH]3)c(=O)[nH]2)c(F)c1. The Hall–Kier alpha value is -3.75. The largest absolute Gasteiger partial charge is 0.493 e. The summed E-state index contributed by atoms with van der Waals surface area (Å²) in [5.74, 6) is 0.318. The Morgan fingerprint density at radius 3 is 2.79 bits per heavy atom. The summed E-state index contributed by atoms with van der Waals surface area (Å²) in [5.41, 5.74) is 1.73. The fourth-order valence-corrected chi connectivity index (χ4v) is 3.94. The van der Waals surface area contributed by atoms with Gasteiger partial charge in [-0.2, -0.15) is 10.2 Å². The molecule has 0 saturated heterocycles. The molecule has 0 bridgehead atoms. The van der Waals surface area contributed by atoms with Gasteiger partial charge in [0.2, 0.25) is 0 Å². The molecule has 0 spiro atoms. The van der Waals surface area contributed by atoms with E-state index in [2.05, 4.69) is 27.1 Å². The summed E-state index contributed by atoms with van der Waals surface area (Å²) < 4.78 is 22.5. The smallest absolute Gasteiger partial charge is 0.260 e. The van der Waals surface area contributed by atoms with Gasteiger partial charge in [-0.1, -0.05) is 13.3 Å². The van der Waals surface area contributed by atoms with Crippen LogP contribution in [0.1, 0.15) is 45.1 Å². The molecule has 1 aromatic carbocycles. The Balaban J connectivity index is 1.57. The van der Waals surface area contributed by atoms with E-state index in [0.717, 1.165) is 25.7 Å². The standard InChI is InChI=1S/C24H25FN6O2/c1-2-3-11-33-16-7-8-17(19(25)12-16)21-13-18(20-9-10-31(30-20)15-5-4-6-15)22(24(32)28-21)23-26-14-27-29-23/h7-10,12-15H,2-6,11H2,1H3,(H,28,32)(H,26,27,29). The molecule has 5 rings (SSSR count). The van der Waals surface area contributed by atoms with Crippen molar-refractivity contribution in [2.45, 2.75) is 45.1 Å². The number of hydrogen-bond acceptors (Lipinski definition) is 5. The molecule has 170 valence electrons. The summed E-state index contributed by atoms with van der Waals surface area (Å²) in [6, 6.07) is 8.67. The molecular weight excluding hydrogens is 423 g/mol. The van der Waals surface area contributed by atoms with Gasteiger partial charge in [0.1, 0.15) is 17.9 Å². The van der Waals surface area contributed by atoms with Crippen molar-refractivity contribution < 1.29 is 9.13 Å². The van der Waals surface area contributed by atoms with E-state index < -0.39 is 11.4 Å². The normalized spacial score (nSPS) is 13.8. The lowest BCUT2D eigenvalue weighted by Gasteiger charge is -2.25. The van der Waals surface area contributed by atoms with Crippen LogP contribution in [0.25, 0.3) is 33.9 Å². The van der Waals surface area contributed by atoms with Crippen LogP contribution in [0.15, 0.2) is 47.7 Å². The van der Waals surface area contributed by atoms with Gasteiger partial charge in [-0.25, -0.2) is 9.37 Å². The van der Waals surface area contributed by atoms with Gasteiger partial charge in [-0.15, -0.1) is 0 Å². The predicted octanol–water partition coefficient (Wildman–Crippen LogP) is 4.73. The van der Waals surface area contributed by atoms with Gasteiger partial charge < -0.3 is 9.72 Å². The zero-order chi connectivity index (χ0) is 22.8. The molecule has 1 fully saturated rings. The lowest BCUT2D eigenvalue weighted by Crippen LogP contribution is -2.17. The van der Waals surface area contributed by atoms with Crippen molar-refractivity contribution in [3.8, 4) is 39.7 Å². The van der Waals surface area contributed by atoms with Crippen LogP contribution in [0.5, 0.6) is 5.75 Å². The van der Waals surface area contributed by atoms with Crippen LogP contribution in [0.2, 0.25) is 0 Å². The molecule has 0 radical (unpaired) electrons. The molecule has 8 nitrogen and oxygen atoms in total. The number of aromatic nitrogens is 6. The Morgan fingerprint density at radius 2 is 2.09 bits per heavy atom. The van der Waals surface area contributed by atoms with E-state index in [1.165, 1.54) is 18.8 Å². The number of ether oxygens (including phenoxy) is 1. The number of pyridine rings is 1. The number of benzene rings is 1. The van der Waals surface area contributed by atoms with E-state index in [9.17, 15) is 9.18 Å². The highest BCUT2D eigenvalue weighted by Gasteiger charge is 2.23. The highest BCUT2D eigenvalue weighted by molar-refractivity contribution is 5.81. The molecule has 3 aromatic heterocycles. The van der Waals surface area contributed by atoms with Gasteiger partial charge in [-0.05, 0) is 49.9 Å². The number of rotatable bonds is 8. The van der Waals surface area contributed by atoms with E-state index in [4.69, 9.17) is 9.84 Å². The van der Waals surface area contributed by atoms with E-state index in [1.807, 2.05) is 16.9 Å². The summed E-state index contributed by atoms with van der Waals surface area (Å²) in [7, 11) is 0. The molecule has 4 aromatic rings. The second-order valence-electron chi connectivity index (χ2n) is 8.24. The molecule has 0 amide bonds. The molecule has 9 heteroatoms. The average molecular weight is 449 g/mol. The zero-order valence-corrected chi connectivity index (χ0v) is 18.3. The maximum atomic E-state index is 15.0. The number of halogens is 1. The van der Waals surface area contributed by atoms with Crippen LogP contribution in [0, 0.1) is 5.82 Å². The van der Waals surface area contributed by atoms with Crippen LogP contribution in [0.4, 0.5) is 4.39 Å². The lowest BCUT2D eigenvalue weighted by molar-refractivity contribution is 0.290. The Labute approximate surface area is 189 Å². The fraction of sp³-hybridized carbons (Fsp3) is 0.333. The number of nitrogens with zero attached hydrogens (tertiary/aromatic N) is 4. The molecule has 0 unspecified atom stereocenters. The molecule has 0 atom stereocenters. The Kier molecular flexibility index (Phi) is 5.77. The molecule has 0 aliphatic heterocycles. The topological polar surface area (TPSA) is 101 Å². The predicted molar refractivity (Wildman–Crippen MR) is 122 cm³/mol. The molecule has 33 heavy (non-hydrogen) atoms. The first-order chi connectivity index (χ1) is 16.1. The number of H-pyrrole nitrogens is 2. The van der Waals surface area contributed by atoms with Crippen molar-refractivity contribution >= 4 is 0 Å². The summed E-state index contributed by atoms with van der Waals surface area (Å²) in [4.78, 5) is 20.1. The van der Waals surface area contributed by atoms with Gasteiger partial charge >= 0.3 is 0 Å².